The van der Waals surface area contributed by atoms with Crippen LogP contribution in [0.2, 0.25) is 0 Å². The van der Waals surface area contributed by atoms with E-state index in [1.165, 1.54) is 13.3 Å². The minimum Gasteiger partial charge on any atom is -0.493 e. The van der Waals surface area contributed by atoms with Gasteiger partial charge in [0.15, 0.2) is 11.5 Å². The molecule has 0 saturated carbocycles. The molecule has 0 atom stereocenters. The van der Waals surface area contributed by atoms with Crippen molar-refractivity contribution in [2.45, 2.75) is 0 Å². The Bertz CT molecular complexity index is 1080. The first-order valence-electron chi connectivity index (χ1n) is 7.75. The summed E-state index contributed by atoms with van der Waals surface area (Å²) in [6, 6.07) is 13.5. The number of ether oxygens (including phenoxy) is 2. The summed E-state index contributed by atoms with van der Waals surface area (Å²) >= 11 is 4.97. The molecule has 0 aliphatic heterocycles. The Balaban J connectivity index is 1.84. The van der Waals surface area contributed by atoms with Crippen LogP contribution in [0.3, 0.4) is 0 Å². The maximum absolute atomic E-state index is 12.2. The maximum atomic E-state index is 12.2. The van der Waals surface area contributed by atoms with E-state index in [0.717, 1.165) is 10.9 Å². The zero-order valence-electron chi connectivity index (χ0n) is 14.2. The summed E-state index contributed by atoms with van der Waals surface area (Å²) in [6.45, 7) is 0. The molecular weight excluding hydrogens is 368 g/mol. The first kappa shape index (κ1) is 18.2. The molecule has 9 heteroatoms. The molecule has 0 aliphatic carbocycles. The van der Waals surface area contributed by atoms with E-state index >= 15 is 0 Å². The molecule has 3 aromatic rings. The fraction of sp³-hybridized carbons (Fsp3) is 0.0556. The SMILES string of the molecule is COc1cc(/C=N/n2c(=O)cn[nH]c2=S)ccc1OC(=O)c1ccccc1. The molecule has 1 aromatic heterocycles. The van der Waals surface area contributed by atoms with Crippen molar-refractivity contribution in [1.29, 1.82) is 0 Å². The predicted octanol–water partition coefficient (Wildman–Crippen LogP) is 2.41. The van der Waals surface area contributed by atoms with Gasteiger partial charge in [0.25, 0.3) is 5.56 Å². The van der Waals surface area contributed by atoms with Crippen molar-refractivity contribution < 1.29 is 14.3 Å². The standard InChI is InChI=1S/C18H14N4O4S/c1-25-15-9-12(10-20-22-16(23)11-19-21-18(22)27)7-8-14(15)26-17(24)13-5-3-2-4-6-13/h2-11H,1H3,(H,21,27)/b20-10+. The first-order valence-corrected chi connectivity index (χ1v) is 8.15. The van der Waals surface area contributed by atoms with Crippen molar-refractivity contribution in [1.82, 2.24) is 14.9 Å². The van der Waals surface area contributed by atoms with E-state index in [1.807, 2.05) is 6.07 Å². The number of methoxy groups -OCH3 is 1. The molecule has 0 aliphatic rings. The van der Waals surface area contributed by atoms with Crippen molar-refractivity contribution in [2.24, 2.45) is 5.10 Å². The summed E-state index contributed by atoms with van der Waals surface area (Å²) in [7, 11) is 1.46. The van der Waals surface area contributed by atoms with Gasteiger partial charge in [-0.2, -0.15) is 14.9 Å². The van der Waals surface area contributed by atoms with Crippen LogP contribution in [0.5, 0.6) is 11.5 Å². The molecule has 27 heavy (non-hydrogen) atoms. The molecule has 0 fully saturated rings. The minimum atomic E-state index is -0.495. The second kappa shape index (κ2) is 8.19. The fourth-order valence-electron chi connectivity index (χ4n) is 2.16. The largest absolute Gasteiger partial charge is 0.493 e. The number of H-pyrrole nitrogens is 1. The van der Waals surface area contributed by atoms with E-state index < -0.39 is 11.5 Å². The highest BCUT2D eigenvalue weighted by Crippen LogP contribution is 2.28. The normalized spacial score (nSPS) is 10.7. The molecule has 0 amide bonds. The number of hydrogen-bond acceptors (Lipinski definition) is 7. The molecular formula is C18H14N4O4S. The number of rotatable bonds is 5. The third-order valence-electron chi connectivity index (χ3n) is 3.46. The molecule has 0 bridgehead atoms. The number of benzene rings is 2. The minimum absolute atomic E-state index is 0.0686. The lowest BCUT2D eigenvalue weighted by atomic mass is 10.2. The quantitative estimate of drug-likeness (QED) is 0.315. The summed E-state index contributed by atoms with van der Waals surface area (Å²) in [6.07, 6.45) is 2.50. The molecule has 3 rings (SSSR count). The Morgan fingerprint density at radius 1 is 1.22 bits per heavy atom. The van der Waals surface area contributed by atoms with Crippen LogP contribution in [0.15, 0.2) is 64.6 Å². The molecule has 8 nitrogen and oxygen atoms in total. The lowest BCUT2D eigenvalue weighted by Crippen LogP contribution is -2.18. The van der Waals surface area contributed by atoms with Crippen LogP contribution >= 0.6 is 12.2 Å². The van der Waals surface area contributed by atoms with Crippen LogP contribution in [0.1, 0.15) is 15.9 Å². The average Bonchev–Trinajstić information content (AvgIpc) is 2.69. The van der Waals surface area contributed by atoms with Gasteiger partial charge in [0.2, 0.25) is 4.77 Å². The van der Waals surface area contributed by atoms with E-state index in [1.54, 1.807) is 42.5 Å². The van der Waals surface area contributed by atoms with Crippen LogP contribution in [0.25, 0.3) is 0 Å². The molecule has 0 unspecified atom stereocenters. The Kier molecular flexibility index (Phi) is 5.53. The number of esters is 1. The van der Waals surface area contributed by atoms with E-state index in [9.17, 15) is 9.59 Å². The fourth-order valence-corrected chi connectivity index (χ4v) is 2.35. The van der Waals surface area contributed by atoms with Gasteiger partial charge in [-0.05, 0) is 48.1 Å². The molecule has 1 heterocycles. The van der Waals surface area contributed by atoms with E-state index in [0.29, 0.717) is 16.9 Å². The number of hydrogen-bond donors (Lipinski definition) is 1. The van der Waals surface area contributed by atoms with Crippen molar-refractivity contribution in [3.8, 4) is 11.5 Å². The Morgan fingerprint density at radius 2 is 2.00 bits per heavy atom. The molecule has 1 N–H and O–H groups in total. The summed E-state index contributed by atoms with van der Waals surface area (Å²) in [5, 5.41) is 10.1. The highest BCUT2D eigenvalue weighted by atomic mass is 32.1. The summed E-state index contributed by atoms with van der Waals surface area (Å²) < 4.78 is 11.7. The third-order valence-corrected chi connectivity index (χ3v) is 3.72. The summed E-state index contributed by atoms with van der Waals surface area (Å²) in [5.74, 6) is 0.113. The number of aromatic amines is 1. The van der Waals surface area contributed by atoms with E-state index in [4.69, 9.17) is 21.7 Å². The van der Waals surface area contributed by atoms with Crippen LogP contribution in [0, 0.1) is 4.77 Å². The number of carbonyl (C=O) groups is 1. The highest BCUT2D eigenvalue weighted by molar-refractivity contribution is 7.71. The van der Waals surface area contributed by atoms with Gasteiger partial charge in [-0.25, -0.2) is 4.79 Å². The van der Waals surface area contributed by atoms with Crippen LogP contribution in [-0.2, 0) is 0 Å². The molecule has 136 valence electrons. The van der Waals surface area contributed by atoms with Crippen molar-refractivity contribution >= 4 is 24.4 Å². The third kappa shape index (κ3) is 4.33. The molecule has 0 saturated heterocycles. The maximum Gasteiger partial charge on any atom is 0.343 e. The van der Waals surface area contributed by atoms with Crippen LogP contribution in [0.4, 0.5) is 0 Å². The number of carbonyl (C=O) groups excluding carboxylic acids is 1. The van der Waals surface area contributed by atoms with Crippen molar-refractivity contribution in [2.75, 3.05) is 7.11 Å². The van der Waals surface area contributed by atoms with Gasteiger partial charge in [-0.15, -0.1) is 0 Å². The zero-order chi connectivity index (χ0) is 19.2. The van der Waals surface area contributed by atoms with Gasteiger partial charge in [-0.1, -0.05) is 18.2 Å². The lowest BCUT2D eigenvalue weighted by Gasteiger charge is -2.10. The monoisotopic (exact) mass is 382 g/mol. The second-order valence-electron chi connectivity index (χ2n) is 5.24. The van der Waals surface area contributed by atoms with Crippen molar-refractivity contribution in [3.05, 3.63) is 81.0 Å². The smallest absolute Gasteiger partial charge is 0.343 e. The van der Waals surface area contributed by atoms with E-state index in [2.05, 4.69) is 15.3 Å². The predicted molar refractivity (Wildman–Crippen MR) is 101 cm³/mol. The van der Waals surface area contributed by atoms with Gasteiger partial charge >= 0.3 is 5.97 Å². The van der Waals surface area contributed by atoms with Gasteiger partial charge in [-0.3, -0.25) is 9.89 Å². The Morgan fingerprint density at radius 3 is 2.70 bits per heavy atom. The molecule has 0 radical (unpaired) electrons. The zero-order valence-corrected chi connectivity index (χ0v) is 15.0. The topological polar surface area (TPSA) is 98.6 Å². The van der Waals surface area contributed by atoms with Gasteiger partial charge < -0.3 is 9.47 Å². The second-order valence-corrected chi connectivity index (χ2v) is 5.62. The molecule has 0 spiro atoms. The van der Waals surface area contributed by atoms with Gasteiger partial charge in [0.05, 0.1) is 18.9 Å². The van der Waals surface area contributed by atoms with E-state index in [-0.39, 0.29) is 10.5 Å². The van der Waals surface area contributed by atoms with Crippen LogP contribution in [-0.4, -0.2) is 34.2 Å². The first-order chi connectivity index (χ1) is 13.1. The highest BCUT2D eigenvalue weighted by Gasteiger charge is 2.12. The summed E-state index contributed by atoms with van der Waals surface area (Å²) in [4.78, 5) is 23.9. The molecule has 2 aromatic carbocycles. The lowest BCUT2D eigenvalue weighted by molar-refractivity contribution is 0.0729. The van der Waals surface area contributed by atoms with Gasteiger partial charge in [0.1, 0.15) is 6.20 Å². The number of aromatic nitrogens is 3. The van der Waals surface area contributed by atoms with Crippen LogP contribution < -0.4 is 15.0 Å². The number of nitrogens with one attached hydrogen (secondary N) is 1. The number of nitrogens with zero attached hydrogens (tertiary/aromatic N) is 3. The average molecular weight is 382 g/mol. The Hall–Kier alpha value is -3.59. The summed E-state index contributed by atoms with van der Waals surface area (Å²) in [5.41, 5.74) is 0.580. The Labute approximate surface area is 158 Å². The van der Waals surface area contributed by atoms with Crippen molar-refractivity contribution in [3.63, 3.8) is 0 Å². The van der Waals surface area contributed by atoms with Gasteiger partial charge in [0, 0.05) is 0 Å².